The maximum Gasteiger partial charge on any atom is 0.210 e. The molecule has 0 aliphatic carbocycles. The number of likely N-dealkylation sites (tertiary alicyclic amines) is 1. The quantitative estimate of drug-likeness (QED) is 0.591. The standard InChI is InChI=1S/C9H21N3O2S/c1-2-12-5-3-9(8-12)7-11-4-6-15(10,13)14/h9,11H,2-8H2,1H3,(H2,10,13,14). The van der Waals surface area contributed by atoms with E-state index < -0.39 is 10.0 Å². The van der Waals surface area contributed by atoms with Crippen molar-refractivity contribution in [3.05, 3.63) is 0 Å². The molecule has 0 bridgehead atoms. The van der Waals surface area contributed by atoms with Crippen LogP contribution in [0.15, 0.2) is 0 Å². The van der Waals surface area contributed by atoms with Crippen molar-refractivity contribution in [3.8, 4) is 0 Å². The number of hydrogen-bond donors (Lipinski definition) is 2. The normalized spacial score (nSPS) is 23.5. The topological polar surface area (TPSA) is 75.4 Å². The summed E-state index contributed by atoms with van der Waals surface area (Å²) in [5.74, 6) is 0.683. The Kier molecular flexibility index (Phi) is 4.98. The average Bonchev–Trinajstić information content (AvgIpc) is 2.59. The molecule has 1 heterocycles. The van der Waals surface area contributed by atoms with Crippen molar-refractivity contribution in [2.45, 2.75) is 13.3 Å². The minimum absolute atomic E-state index is 0.0250. The molecule has 1 fully saturated rings. The number of primary sulfonamides is 1. The minimum atomic E-state index is -3.31. The van der Waals surface area contributed by atoms with Gasteiger partial charge in [-0.1, -0.05) is 6.92 Å². The Balaban J connectivity index is 2.07. The summed E-state index contributed by atoms with van der Waals surface area (Å²) in [6.45, 7) is 6.91. The summed E-state index contributed by atoms with van der Waals surface area (Å²) >= 11 is 0. The molecule has 1 aliphatic rings. The van der Waals surface area contributed by atoms with Gasteiger partial charge in [0.15, 0.2) is 0 Å². The summed E-state index contributed by atoms with van der Waals surface area (Å²) < 4.78 is 21.3. The number of sulfonamides is 1. The summed E-state index contributed by atoms with van der Waals surface area (Å²) in [5.41, 5.74) is 0. The highest BCUT2D eigenvalue weighted by molar-refractivity contribution is 7.89. The second kappa shape index (κ2) is 5.79. The van der Waals surface area contributed by atoms with Gasteiger partial charge in [0.05, 0.1) is 5.75 Å². The molecule has 5 nitrogen and oxygen atoms in total. The molecule has 6 heteroatoms. The zero-order chi connectivity index (χ0) is 11.3. The molecule has 90 valence electrons. The van der Waals surface area contributed by atoms with Crippen LogP contribution in [0, 0.1) is 5.92 Å². The molecule has 0 spiro atoms. The van der Waals surface area contributed by atoms with Crippen molar-refractivity contribution in [3.63, 3.8) is 0 Å². The molecule has 15 heavy (non-hydrogen) atoms. The number of nitrogens with two attached hydrogens (primary N) is 1. The highest BCUT2D eigenvalue weighted by Crippen LogP contribution is 2.14. The van der Waals surface area contributed by atoms with Crippen LogP contribution in [0.1, 0.15) is 13.3 Å². The molecule has 0 amide bonds. The predicted octanol–water partition coefficient (Wildman–Crippen LogP) is -0.794. The van der Waals surface area contributed by atoms with E-state index in [1.54, 1.807) is 0 Å². The highest BCUT2D eigenvalue weighted by Gasteiger charge is 2.20. The van der Waals surface area contributed by atoms with Gasteiger partial charge in [0.2, 0.25) is 10.0 Å². The Hall–Kier alpha value is -0.170. The predicted molar refractivity (Wildman–Crippen MR) is 61.1 cm³/mol. The molecule has 0 saturated carbocycles. The maximum atomic E-state index is 10.7. The summed E-state index contributed by atoms with van der Waals surface area (Å²) in [7, 11) is -3.31. The first-order valence-electron chi connectivity index (χ1n) is 5.45. The van der Waals surface area contributed by atoms with Gasteiger partial charge in [0.1, 0.15) is 0 Å². The van der Waals surface area contributed by atoms with Gasteiger partial charge in [-0.25, -0.2) is 13.6 Å². The molecule has 0 radical (unpaired) electrons. The average molecular weight is 235 g/mol. The van der Waals surface area contributed by atoms with E-state index in [1.165, 1.54) is 6.42 Å². The lowest BCUT2D eigenvalue weighted by Gasteiger charge is -2.13. The molecular formula is C9H21N3O2S. The smallest absolute Gasteiger partial charge is 0.210 e. The van der Waals surface area contributed by atoms with Crippen LogP contribution >= 0.6 is 0 Å². The second-order valence-corrected chi connectivity index (χ2v) is 5.85. The van der Waals surface area contributed by atoms with E-state index in [-0.39, 0.29) is 5.75 Å². The molecule has 3 N–H and O–H groups in total. The molecule has 0 aromatic rings. The van der Waals surface area contributed by atoms with E-state index in [2.05, 4.69) is 17.1 Å². The highest BCUT2D eigenvalue weighted by atomic mass is 32.2. The van der Waals surface area contributed by atoms with Crippen LogP contribution < -0.4 is 10.5 Å². The Morgan fingerprint density at radius 3 is 2.80 bits per heavy atom. The Bertz CT molecular complexity index is 279. The molecule has 1 atom stereocenters. The number of nitrogens with zero attached hydrogens (tertiary/aromatic N) is 1. The van der Waals surface area contributed by atoms with Gasteiger partial charge in [-0.3, -0.25) is 0 Å². The molecule has 1 saturated heterocycles. The SMILES string of the molecule is CCN1CCC(CNCCS(N)(=O)=O)C1. The lowest BCUT2D eigenvalue weighted by Crippen LogP contribution is -2.31. The fraction of sp³-hybridized carbons (Fsp3) is 1.00. The van der Waals surface area contributed by atoms with Crippen molar-refractivity contribution >= 4 is 10.0 Å². The molecule has 0 aromatic heterocycles. The van der Waals surface area contributed by atoms with Crippen molar-refractivity contribution < 1.29 is 8.42 Å². The van der Waals surface area contributed by atoms with E-state index >= 15 is 0 Å². The largest absolute Gasteiger partial charge is 0.315 e. The first kappa shape index (κ1) is 12.9. The van der Waals surface area contributed by atoms with E-state index in [1.807, 2.05) is 0 Å². The van der Waals surface area contributed by atoms with Crippen molar-refractivity contribution in [2.75, 3.05) is 38.5 Å². The minimum Gasteiger partial charge on any atom is -0.315 e. The number of nitrogens with one attached hydrogen (secondary N) is 1. The van der Waals surface area contributed by atoms with Gasteiger partial charge >= 0.3 is 0 Å². The van der Waals surface area contributed by atoms with Gasteiger partial charge in [-0.2, -0.15) is 0 Å². The monoisotopic (exact) mass is 235 g/mol. The molecule has 1 unspecified atom stereocenters. The Morgan fingerprint density at radius 1 is 1.53 bits per heavy atom. The number of hydrogen-bond acceptors (Lipinski definition) is 4. The van der Waals surface area contributed by atoms with Crippen LogP contribution in [0.2, 0.25) is 0 Å². The summed E-state index contributed by atoms with van der Waals surface area (Å²) in [5, 5.41) is 8.04. The third-order valence-electron chi connectivity index (χ3n) is 2.81. The second-order valence-electron chi connectivity index (χ2n) is 4.12. The van der Waals surface area contributed by atoms with Crippen molar-refractivity contribution in [2.24, 2.45) is 11.1 Å². The first-order chi connectivity index (χ1) is 7.01. The van der Waals surface area contributed by atoms with Gasteiger partial charge in [-0.05, 0) is 32.0 Å². The van der Waals surface area contributed by atoms with E-state index in [0.29, 0.717) is 12.5 Å². The zero-order valence-corrected chi connectivity index (χ0v) is 10.1. The first-order valence-corrected chi connectivity index (χ1v) is 7.16. The van der Waals surface area contributed by atoms with Crippen LogP contribution in [0.25, 0.3) is 0 Å². The van der Waals surface area contributed by atoms with Gasteiger partial charge in [-0.15, -0.1) is 0 Å². The summed E-state index contributed by atoms with van der Waals surface area (Å²) in [4.78, 5) is 2.41. The fourth-order valence-corrected chi connectivity index (χ4v) is 2.32. The third kappa shape index (κ3) is 5.46. The summed E-state index contributed by atoms with van der Waals surface area (Å²) in [6, 6.07) is 0. The maximum absolute atomic E-state index is 10.7. The van der Waals surface area contributed by atoms with Crippen molar-refractivity contribution in [1.29, 1.82) is 0 Å². The van der Waals surface area contributed by atoms with Crippen LogP contribution in [0.3, 0.4) is 0 Å². The van der Waals surface area contributed by atoms with E-state index in [9.17, 15) is 8.42 Å². The third-order valence-corrected chi connectivity index (χ3v) is 3.59. The van der Waals surface area contributed by atoms with Gasteiger partial charge in [0.25, 0.3) is 0 Å². The van der Waals surface area contributed by atoms with Gasteiger partial charge in [0, 0.05) is 13.1 Å². The fourth-order valence-electron chi connectivity index (χ4n) is 1.89. The molecule has 1 rings (SSSR count). The molecule has 0 aromatic carbocycles. The Morgan fingerprint density at radius 2 is 2.27 bits per heavy atom. The number of rotatable bonds is 6. The summed E-state index contributed by atoms with van der Waals surface area (Å²) in [6.07, 6.45) is 1.20. The van der Waals surface area contributed by atoms with E-state index in [0.717, 1.165) is 26.2 Å². The van der Waals surface area contributed by atoms with Crippen LogP contribution in [-0.2, 0) is 10.0 Å². The van der Waals surface area contributed by atoms with Crippen LogP contribution in [0.5, 0.6) is 0 Å². The van der Waals surface area contributed by atoms with Crippen LogP contribution in [-0.4, -0.2) is 51.8 Å². The van der Waals surface area contributed by atoms with E-state index in [4.69, 9.17) is 5.14 Å². The Labute approximate surface area is 92.1 Å². The lowest BCUT2D eigenvalue weighted by atomic mass is 10.1. The molecular weight excluding hydrogens is 214 g/mol. The van der Waals surface area contributed by atoms with Crippen LogP contribution in [0.4, 0.5) is 0 Å². The van der Waals surface area contributed by atoms with Crippen molar-refractivity contribution in [1.82, 2.24) is 10.2 Å². The zero-order valence-electron chi connectivity index (χ0n) is 9.28. The molecule has 1 aliphatic heterocycles. The lowest BCUT2D eigenvalue weighted by molar-refractivity contribution is 0.339. The van der Waals surface area contributed by atoms with Gasteiger partial charge < -0.3 is 10.2 Å².